The number of rotatable bonds is 1. The van der Waals surface area contributed by atoms with Gasteiger partial charge >= 0.3 is 0 Å². The number of carbonyl (C=O) groups is 1. The van der Waals surface area contributed by atoms with Gasteiger partial charge in [-0.15, -0.1) is 0 Å². The Bertz CT molecular complexity index is 494. The Morgan fingerprint density at radius 1 is 1.17 bits per heavy atom. The van der Waals surface area contributed by atoms with Gasteiger partial charge in [-0.2, -0.15) is 5.06 Å². The standard InChI is InChI=1S/C19H32N2O2/c1-12(2)15-10-9-13(3)11-19(15)20(4)18(22)17-14-7-5-6-8-16(14)23-21(17)19/h12-17H,5-11H2,1-4H3/t13-,14+,15+,16-,17+,19+/m1/s1. The first-order valence-corrected chi connectivity index (χ1v) is 9.70. The van der Waals surface area contributed by atoms with Gasteiger partial charge in [-0.3, -0.25) is 9.63 Å². The van der Waals surface area contributed by atoms with Gasteiger partial charge < -0.3 is 4.90 Å². The number of amides is 1. The zero-order valence-corrected chi connectivity index (χ0v) is 15.1. The van der Waals surface area contributed by atoms with E-state index < -0.39 is 0 Å². The minimum Gasteiger partial charge on any atom is -0.323 e. The lowest BCUT2D eigenvalue weighted by Crippen LogP contribution is -2.61. The molecule has 23 heavy (non-hydrogen) atoms. The van der Waals surface area contributed by atoms with Crippen LogP contribution < -0.4 is 0 Å². The Morgan fingerprint density at radius 2 is 1.91 bits per heavy atom. The first-order chi connectivity index (χ1) is 11.0. The van der Waals surface area contributed by atoms with E-state index >= 15 is 0 Å². The first-order valence-electron chi connectivity index (χ1n) is 9.70. The lowest BCUT2D eigenvalue weighted by Gasteiger charge is -2.52. The molecule has 4 rings (SSSR count). The van der Waals surface area contributed by atoms with Crippen molar-refractivity contribution in [2.75, 3.05) is 7.05 Å². The third kappa shape index (κ3) is 2.07. The van der Waals surface area contributed by atoms with Crippen molar-refractivity contribution >= 4 is 5.91 Å². The number of hydrogen-bond donors (Lipinski definition) is 0. The predicted octanol–water partition coefficient (Wildman–Crippen LogP) is 3.42. The fraction of sp³-hybridized carbons (Fsp3) is 0.947. The van der Waals surface area contributed by atoms with Gasteiger partial charge in [0, 0.05) is 18.9 Å². The van der Waals surface area contributed by atoms with Crippen LogP contribution in [0, 0.1) is 23.7 Å². The van der Waals surface area contributed by atoms with Crippen molar-refractivity contribution in [2.24, 2.45) is 23.7 Å². The monoisotopic (exact) mass is 320 g/mol. The van der Waals surface area contributed by atoms with Crippen molar-refractivity contribution in [2.45, 2.75) is 83.5 Å². The summed E-state index contributed by atoms with van der Waals surface area (Å²) < 4.78 is 0. The summed E-state index contributed by atoms with van der Waals surface area (Å²) in [5.74, 6) is 2.48. The van der Waals surface area contributed by atoms with Crippen LogP contribution in [0.1, 0.15) is 65.7 Å². The molecular formula is C19H32N2O2. The van der Waals surface area contributed by atoms with E-state index in [1.165, 1.54) is 25.7 Å². The maximum absolute atomic E-state index is 13.2. The molecule has 4 aliphatic rings. The minimum atomic E-state index is -0.203. The van der Waals surface area contributed by atoms with Crippen molar-refractivity contribution < 1.29 is 9.63 Å². The molecule has 2 saturated carbocycles. The number of hydroxylamine groups is 2. The molecule has 0 aromatic carbocycles. The van der Waals surface area contributed by atoms with Crippen LogP contribution >= 0.6 is 0 Å². The van der Waals surface area contributed by atoms with Gasteiger partial charge in [0.1, 0.15) is 11.7 Å². The summed E-state index contributed by atoms with van der Waals surface area (Å²) in [4.78, 5) is 21.8. The molecule has 0 bridgehead atoms. The summed E-state index contributed by atoms with van der Waals surface area (Å²) in [5, 5.41) is 2.22. The molecule has 2 aliphatic heterocycles. The molecule has 130 valence electrons. The number of nitrogens with zero attached hydrogens (tertiary/aromatic N) is 2. The summed E-state index contributed by atoms with van der Waals surface area (Å²) in [5.41, 5.74) is -0.203. The Hall–Kier alpha value is -0.610. The van der Waals surface area contributed by atoms with Crippen LogP contribution in [0.25, 0.3) is 0 Å². The van der Waals surface area contributed by atoms with E-state index in [0.29, 0.717) is 29.6 Å². The molecule has 1 spiro atoms. The summed E-state index contributed by atoms with van der Waals surface area (Å²) in [7, 11) is 2.04. The predicted molar refractivity (Wildman–Crippen MR) is 89.3 cm³/mol. The van der Waals surface area contributed by atoms with E-state index in [1.54, 1.807) is 0 Å². The Kier molecular flexibility index (Phi) is 3.77. The average Bonchev–Trinajstić information content (AvgIpc) is 2.99. The zero-order valence-electron chi connectivity index (χ0n) is 15.1. The Labute approximate surface area is 140 Å². The van der Waals surface area contributed by atoms with Crippen molar-refractivity contribution in [3.05, 3.63) is 0 Å². The van der Waals surface area contributed by atoms with E-state index in [4.69, 9.17) is 4.84 Å². The Morgan fingerprint density at radius 3 is 2.65 bits per heavy atom. The fourth-order valence-corrected chi connectivity index (χ4v) is 6.12. The van der Waals surface area contributed by atoms with Crippen molar-refractivity contribution in [3.8, 4) is 0 Å². The molecule has 4 nitrogen and oxygen atoms in total. The van der Waals surface area contributed by atoms with Crippen LogP contribution in [0.5, 0.6) is 0 Å². The van der Waals surface area contributed by atoms with Crippen molar-refractivity contribution in [3.63, 3.8) is 0 Å². The normalized spacial score (nSPS) is 47.4. The summed E-state index contributed by atoms with van der Waals surface area (Å²) in [6.07, 6.45) is 8.62. The van der Waals surface area contributed by atoms with Gasteiger partial charge in [-0.25, -0.2) is 0 Å². The van der Waals surface area contributed by atoms with Gasteiger partial charge in [0.25, 0.3) is 0 Å². The van der Waals surface area contributed by atoms with Gasteiger partial charge in [0.15, 0.2) is 0 Å². The molecule has 1 amide bonds. The SMILES string of the molecule is CC(C)[C@@H]1CC[C@@H](C)C[C@@]12N(C)C(=O)[C@@H]1[C@H]3CCCC[C@H]3ON12. The first kappa shape index (κ1) is 15.9. The third-order valence-electron chi connectivity index (χ3n) is 7.22. The summed E-state index contributed by atoms with van der Waals surface area (Å²) in [6, 6.07) is -0.0168. The Balaban J connectivity index is 1.75. The number of hydrogen-bond acceptors (Lipinski definition) is 3. The summed E-state index contributed by atoms with van der Waals surface area (Å²) >= 11 is 0. The van der Waals surface area contributed by atoms with Gasteiger partial charge in [-0.05, 0) is 37.5 Å². The second-order valence-corrected chi connectivity index (χ2v) is 8.88. The molecule has 0 unspecified atom stereocenters. The van der Waals surface area contributed by atoms with Crippen molar-refractivity contribution in [1.29, 1.82) is 0 Å². The van der Waals surface area contributed by atoms with Gasteiger partial charge in [0.05, 0.1) is 6.10 Å². The van der Waals surface area contributed by atoms with E-state index in [1.807, 2.05) is 7.05 Å². The number of carbonyl (C=O) groups excluding carboxylic acids is 1. The molecule has 0 aromatic heterocycles. The molecule has 2 heterocycles. The van der Waals surface area contributed by atoms with E-state index in [-0.39, 0.29) is 17.8 Å². The van der Waals surface area contributed by atoms with Crippen LogP contribution in [0.15, 0.2) is 0 Å². The quantitative estimate of drug-likeness (QED) is 0.742. The molecule has 6 atom stereocenters. The molecule has 0 N–H and O–H groups in total. The molecule has 2 saturated heterocycles. The van der Waals surface area contributed by atoms with Gasteiger partial charge in [-0.1, -0.05) is 40.0 Å². The summed E-state index contributed by atoms with van der Waals surface area (Å²) in [6.45, 7) is 6.97. The largest absolute Gasteiger partial charge is 0.323 e. The molecule has 0 radical (unpaired) electrons. The van der Waals surface area contributed by atoms with E-state index in [9.17, 15) is 4.79 Å². The molecule has 0 aromatic rings. The molecule has 2 aliphatic carbocycles. The van der Waals surface area contributed by atoms with E-state index in [2.05, 4.69) is 30.7 Å². The average molecular weight is 320 g/mol. The second-order valence-electron chi connectivity index (χ2n) is 8.88. The maximum Gasteiger partial charge on any atom is 0.244 e. The number of likely N-dealkylation sites (N-methyl/N-ethyl adjacent to an activating group) is 1. The lowest BCUT2D eigenvalue weighted by atomic mass is 9.69. The molecule has 4 fully saturated rings. The highest BCUT2D eigenvalue weighted by molar-refractivity contribution is 5.85. The third-order valence-corrected chi connectivity index (χ3v) is 7.22. The lowest BCUT2D eigenvalue weighted by molar-refractivity contribution is -0.265. The van der Waals surface area contributed by atoms with Crippen LogP contribution in [0.4, 0.5) is 0 Å². The maximum atomic E-state index is 13.2. The topological polar surface area (TPSA) is 32.8 Å². The zero-order chi connectivity index (χ0) is 16.4. The van der Waals surface area contributed by atoms with E-state index in [0.717, 1.165) is 19.3 Å². The number of fused-ring (bicyclic) bond motifs is 4. The van der Waals surface area contributed by atoms with Crippen LogP contribution in [0.3, 0.4) is 0 Å². The smallest absolute Gasteiger partial charge is 0.244 e. The minimum absolute atomic E-state index is 0.0168. The van der Waals surface area contributed by atoms with Crippen LogP contribution in [-0.2, 0) is 9.63 Å². The van der Waals surface area contributed by atoms with Crippen LogP contribution in [-0.4, -0.2) is 40.7 Å². The van der Waals surface area contributed by atoms with Gasteiger partial charge in [0.2, 0.25) is 5.91 Å². The fourth-order valence-electron chi connectivity index (χ4n) is 6.12. The molecule has 4 heteroatoms. The molecular weight excluding hydrogens is 288 g/mol. The highest BCUT2D eigenvalue weighted by atomic mass is 16.7. The van der Waals surface area contributed by atoms with Crippen LogP contribution in [0.2, 0.25) is 0 Å². The highest BCUT2D eigenvalue weighted by Gasteiger charge is 2.67. The second kappa shape index (κ2) is 5.45. The highest BCUT2D eigenvalue weighted by Crippen LogP contribution is 2.55. The van der Waals surface area contributed by atoms with Crippen molar-refractivity contribution in [1.82, 2.24) is 9.96 Å².